The molecule has 124 valence electrons. The van der Waals surface area contributed by atoms with Crippen LogP contribution in [-0.2, 0) is 9.53 Å². The van der Waals surface area contributed by atoms with Crippen LogP contribution in [0.25, 0.3) is 0 Å². The maximum atomic E-state index is 11.9. The number of rotatable bonds is 5. The molecule has 7 nitrogen and oxygen atoms in total. The van der Waals surface area contributed by atoms with Gasteiger partial charge in [0, 0.05) is 16.6 Å². The van der Waals surface area contributed by atoms with Gasteiger partial charge in [0.05, 0.1) is 21.2 Å². The van der Waals surface area contributed by atoms with Crippen molar-refractivity contribution in [3.8, 4) is 0 Å². The highest BCUT2D eigenvalue weighted by Crippen LogP contribution is 2.26. The third-order valence-electron chi connectivity index (χ3n) is 2.86. The summed E-state index contributed by atoms with van der Waals surface area (Å²) >= 11 is 9.08. The van der Waals surface area contributed by atoms with Crippen LogP contribution in [0.5, 0.6) is 0 Å². The summed E-state index contributed by atoms with van der Waals surface area (Å²) in [6.45, 7) is -0.556. The van der Waals surface area contributed by atoms with Crippen molar-refractivity contribution in [2.75, 3.05) is 11.9 Å². The summed E-state index contributed by atoms with van der Waals surface area (Å²) in [4.78, 5) is 33.8. The topological polar surface area (TPSA) is 98.5 Å². The van der Waals surface area contributed by atoms with Gasteiger partial charge in [0.1, 0.15) is 0 Å². The number of amides is 1. The molecule has 0 aliphatic heterocycles. The first kappa shape index (κ1) is 17.9. The van der Waals surface area contributed by atoms with Crippen molar-refractivity contribution in [2.45, 2.75) is 0 Å². The molecule has 0 radical (unpaired) electrons. The zero-order chi connectivity index (χ0) is 17.7. The molecule has 2 aromatic rings. The Balaban J connectivity index is 1.99. The highest BCUT2D eigenvalue weighted by Gasteiger charge is 2.15. The van der Waals surface area contributed by atoms with Gasteiger partial charge in [-0.2, -0.15) is 0 Å². The van der Waals surface area contributed by atoms with Crippen LogP contribution in [0.15, 0.2) is 46.9 Å². The number of hydrogen-bond acceptors (Lipinski definition) is 5. The van der Waals surface area contributed by atoms with Crippen molar-refractivity contribution in [3.63, 3.8) is 0 Å². The van der Waals surface area contributed by atoms with E-state index in [2.05, 4.69) is 21.2 Å². The van der Waals surface area contributed by atoms with Gasteiger partial charge in [-0.25, -0.2) is 4.79 Å². The number of nitro benzene ring substituents is 1. The number of halogens is 2. The molecule has 2 aromatic carbocycles. The number of ether oxygens (including phenoxy) is 1. The first-order valence-electron chi connectivity index (χ1n) is 6.54. The largest absolute Gasteiger partial charge is 0.452 e. The van der Waals surface area contributed by atoms with E-state index in [1.54, 1.807) is 24.3 Å². The summed E-state index contributed by atoms with van der Waals surface area (Å²) in [6.07, 6.45) is 0. The van der Waals surface area contributed by atoms with Gasteiger partial charge in [-0.15, -0.1) is 0 Å². The molecule has 1 amide bonds. The monoisotopic (exact) mass is 412 g/mol. The lowest BCUT2D eigenvalue weighted by atomic mass is 10.2. The minimum absolute atomic E-state index is 0.0628. The first-order valence-corrected chi connectivity index (χ1v) is 7.71. The third kappa shape index (κ3) is 4.53. The maximum absolute atomic E-state index is 11.9. The van der Waals surface area contributed by atoms with Gasteiger partial charge in [-0.3, -0.25) is 14.9 Å². The molecule has 0 saturated carbocycles. The molecule has 0 bridgehead atoms. The molecule has 2 rings (SSSR count). The molecule has 24 heavy (non-hydrogen) atoms. The van der Waals surface area contributed by atoms with Gasteiger partial charge < -0.3 is 10.1 Å². The molecule has 0 saturated heterocycles. The Morgan fingerprint density at radius 1 is 1.25 bits per heavy atom. The number of non-ortho nitro benzene ring substituents is 1. The molecular weight excluding hydrogens is 404 g/mol. The lowest BCUT2D eigenvalue weighted by Gasteiger charge is -2.08. The second-order valence-electron chi connectivity index (χ2n) is 4.53. The summed E-state index contributed by atoms with van der Waals surface area (Å²) < 4.78 is 5.44. The molecule has 0 unspecified atom stereocenters. The van der Waals surface area contributed by atoms with E-state index in [0.717, 1.165) is 6.07 Å². The number of carbonyl (C=O) groups is 2. The predicted octanol–water partition coefficient (Wildman–Crippen LogP) is 3.81. The molecule has 1 N–H and O–H groups in total. The Hall–Kier alpha value is -2.45. The highest BCUT2D eigenvalue weighted by atomic mass is 79.9. The van der Waals surface area contributed by atoms with E-state index in [9.17, 15) is 19.7 Å². The van der Waals surface area contributed by atoms with Crippen molar-refractivity contribution >= 4 is 50.8 Å². The summed E-state index contributed by atoms with van der Waals surface area (Å²) in [6, 6.07) is 10.2. The van der Waals surface area contributed by atoms with Crippen molar-refractivity contribution in [3.05, 3.63) is 67.6 Å². The van der Waals surface area contributed by atoms with Crippen LogP contribution in [0.1, 0.15) is 10.4 Å². The zero-order valence-corrected chi connectivity index (χ0v) is 14.3. The molecule has 9 heteroatoms. The Kier molecular flexibility index (Phi) is 5.88. The molecular formula is C15H10BrClN2O5. The average Bonchev–Trinajstić information content (AvgIpc) is 2.55. The number of nitrogens with one attached hydrogen (secondary N) is 1. The zero-order valence-electron chi connectivity index (χ0n) is 12.0. The van der Waals surface area contributed by atoms with Gasteiger partial charge in [0.25, 0.3) is 11.6 Å². The molecule has 0 spiro atoms. The van der Waals surface area contributed by atoms with Crippen LogP contribution in [0.3, 0.4) is 0 Å². The van der Waals surface area contributed by atoms with Crippen LogP contribution in [0, 0.1) is 10.1 Å². The standard InChI is InChI=1S/C15H10BrClN2O5/c16-11-4-2-1-3-10(11)15(21)24-8-14(20)18-13-7-9(19(22)23)5-6-12(13)17/h1-7H,8H2,(H,18,20). The average molecular weight is 414 g/mol. The number of carbonyl (C=O) groups excluding carboxylic acids is 2. The van der Waals surface area contributed by atoms with E-state index in [1.807, 2.05) is 0 Å². The van der Waals surface area contributed by atoms with E-state index in [4.69, 9.17) is 16.3 Å². The lowest BCUT2D eigenvalue weighted by Crippen LogP contribution is -2.21. The van der Waals surface area contributed by atoms with Crippen LogP contribution in [0.4, 0.5) is 11.4 Å². The van der Waals surface area contributed by atoms with Crippen molar-refractivity contribution < 1.29 is 19.2 Å². The lowest BCUT2D eigenvalue weighted by molar-refractivity contribution is -0.384. The van der Waals surface area contributed by atoms with E-state index >= 15 is 0 Å². The number of nitro groups is 1. The van der Waals surface area contributed by atoms with Crippen LogP contribution < -0.4 is 5.32 Å². The van der Waals surface area contributed by atoms with Crippen molar-refractivity contribution in [2.24, 2.45) is 0 Å². The number of nitrogens with zero attached hydrogens (tertiary/aromatic N) is 1. The smallest absolute Gasteiger partial charge is 0.339 e. The minimum Gasteiger partial charge on any atom is -0.452 e. The Bertz CT molecular complexity index is 812. The van der Waals surface area contributed by atoms with Crippen molar-refractivity contribution in [1.29, 1.82) is 0 Å². The molecule has 0 heterocycles. The minimum atomic E-state index is -0.678. The van der Waals surface area contributed by atoms with Gasteiger partial charge >= 0.3 is 5.97 Å². The van der Waals surface area contributed by atoms with Gasteiger partial charge in [-0.05, 0) is 34.1 Å². The quantitative estimate of drug-likeness (QED) is 0.456. The highest BCUT2D eigenvalue weighted by molar-refractivity contribution is 9.10. The summed E-state index contributed by atoms with van der Waals surface area (Å²) in [5, 5.41) is 13.2. The second kappa shape index (κ2) is 7.89. The Morgan fingerprint density at radius 2 is 1.96 bits per heavy atom. The van der Waals surface area contributed by atoms with Gasteiger partial charge in [-0.1, -0.05) is 23.7 Å². The third-order valence-corrected chi connectivity index (χ3v) is 3.88. The summed E-state index contributed by atoms with van der Waals surface area (Å²) in [5.74, 6) is -1.35. The molecule has 0 aliphatic carbocycles. The normalized spacial score (nSPS) is 10.1. The number of hydrogen-bond donors (Lipinski definition) is 1. The number of benzene rings is 2. The van der Waals surface area contributed by atoms with Crippen LogP contribution >= 0.6 is 27.5 Å². The van der Waals surface area contributed by atoms with Gasteiger partial charge in [0.2, 0.25) is 0 Å². The Labute approximate surface area is 149 Å². The van der Waals surface area contributed by atoms with Crippen LogP contribution in [-0.4, -0.2) is 23.4 Å². The SMILES string of the molecule is O=C(COC(=O)c1ccccc1Br)Nc1cc([N+](=O)[O-])ccc1Cl. The van der Waals surface area contributed by atoms with E-state index in [0.29, 0.717) is 4.47 Å². The van der Waals surface area contributed by atoms with E-state index < -0.39 is 23.4 Å². The van der Waals surface area contributed by atoms with Crippen molar-refractivity contribution in [1.82, 2.24) is 0 Å². The fourth-order valence-electron chi connectivity index (χ4n) is 1.74. The summed E-state index contributed by atoms with van der Waals surface area (Å²) in [7, 11) is 0. The van der Waals surface area contributed by atoms with Crippen LogP contribution in [0.2, 0.25) is 5.02 Å². The second-order valence-corrected chi connectivity index (χ2v) is 5.79. The summed E-state index contributed by atoms with van der Waals surface area (Å²) in [5.41, 5.74) is 0.117. The van der Waals surface area contributed by atoms with E-state index in [-0.39, 0.29) is 22.0 Å². The molecule has 0 aliphatic rings. The molecule has 0 fully saturated rings. The van der Waals surface area contributed by atoms with Gasteiger partial charge in [0.15, 0.2) is 6.61 Å². The number of anilines is 1. The molecule has 0 aromatic heterocycles. The first-order chi connectivity index (χ1) is 11.4. The predicted molar refractivity (Wildman–Crippen MR) is 91.2 cm³/mol. The maximum Gasteiger partial charge on any atom is 0.339 e. The van der Waals surface area contributed by atoms with E-state index in [1.165, 1.54) is 12.1 Å². The number of esters is 1. The Morgan fingerprint density at radius 3 is 2.62 bits per heavy atom. The fourth-order valence-corrected chi connectivity index (χ4v) is 2.36. The molecule has 0 atom stereocenters. The fraction of sp³-hybridized carbons (Fsp3) is 0.0667.